The van der Waals surface area contributed by atoms with Crippen LogP contribution < -0.4 is 10.0 Å². The molecule has 0 bridgehead atoms. The van der Waals surface area contributed by atoms with Gasteiger partial charge in [-0.05, 0) is 31.5 Å². The highest BCUT2D eigenvalue weighted by atomic mass is 32.2. The molecule has 0 spiro atoms. The van der Waals surface area contributed by atoms with Crippen LogP contribution in [0, 0.1) is 13.8 Å². The topological polar surface area (TPSA) is 101 Å². The number of carbonyl (C=O) groups excluding carboxylic acids is 1. The fraction of sp³-hybridized carbons (Fsp3) is 0.250. The van der Waals surface area contributed by atoms with Crippen LogP contribution in [0.25, 0.3) is 0 Å². The van der Waals surface area contributed by atoms with Gasteiger partial charge in [0.25, 0.3) is 5.91 Å². The monoisotopic (exact) mass is 326 g/mol. The molecular formula is C12H14N4O3S2. The van der Waals surface area contributed by atoms with E-state index < -0.39 is 10.0 Å². The Kier molecular flexibility index (Phi) is 4.24. The highest BCUT2D eigenvalue weighted by Gasteiger charge is 2.12. The minimum absolute atomic E-state index is 0.333. The van der Waals surface area contributed by atoms with Crippen molar-refractivity contribution in [1.29, 1.82) is 0 Å². The number of nitrogens with one attached hydrogen (secondary N) is 2. The van der Waals surface area contributed by atoms with Gasteiger partial charge in [0.15, 0.2) is 0 Å². The molecule has 1 aromatic heterocycles. The maximum Gasteiger partial charge on any atom is 0.257 e. The lowest BCUT2D eigenvalue weighted by molar-refractivity contribution is 0.102. The van der Waals surface area contributed by atoms with E-state index >= 15 is 0 Å². The van der Waals surface area contributed by atoms with Gasteiger partial charge in [-0.2, -0.15) is 0 Å². The summed E-state index contributed by atoms with van der Waals surface area (Å²) in [5.41, 5.74) is 1.43. The minimum atomic E-state index is -3.40. The van der Waals surface area contributed by atoms with E-state index in [2.05, 4.69) is 20.2 Å². The van der Waals surface area contributed by atoms with Crippen molar-refractivity contribution in [2.75, 3.05) is 16.3 Å². The number of aromatic nitrogens is 2. The van der Waals surface area contributed by atoms with Gasteiger partial charge in [0.2, 0.25) is 15.2 Å². The molecule has 1 amide bonds. The zero-order valence-corrected chi connectivity index (χ0v) is 13.3. The average molecular weight is 326 g/mol. The quantitative estimate of drug-likeness (QED) is 0.892. The molecular weight excluding hydrogens is 312 g/mol. The van der Waals surface area contributed by atoms with Crippen molar-refractivity contribution in [1.82, 2.24) is 10.2 Å². The van der Waals surface area contributed by atoms with Gasteiger partial charge in [-0.15, -0.1) is 10.2 Å². The lowest BCUT2D eigenvalue weighted by Gasteiger charge is -2.09. The number of hydrogen-bond acceptors (Lipinski definition) is 6. The third-order valence-electron chi connectivity index (χ3n) is 2.54. The molecule has 7 nitrogen and oxygen atoms in total. The summed E-state index contributed by atoms with van der Waals surface area (Å²) < 4.78 is 25.0. The van der Waals surface area contributed by atoms with Crippen molar-refractivity contribution in [3.63, 3.8) is 0 Å². The Labute approximate surface area is 126 Å². The maximum atomic E-state index is 12.1. The van der Waals surface area contributed by atoms with Crippen molar-refractivity contribution in [3.05, 3.63) is 34.3 Å². The molecule has 0 saturated carbocycles. The van der Waals surface area contributed by atoms with Crippen LogP contribution in [-0.2, 0) is 10.0 Å². The van der Waals surface area contributed by atoms with Crippen LogP contribution in [0.2, 0.25) is 0 Å². The maximum absolute atomic E-state index is 12.1. The first kappa shape index (κ1) is 15.4. The molecule has 0 aliphatic carbocycles. The molecule has 9 heteroatoms. The second kappa shape index (κ2) is 5.78. The van der Waals surface area contributed by atoms with Gasteiger partial charge in [0.1, 0.15) is 5.01 Å². The summed E-state index contributed by atoms with van der Waals surface area (Å²) in [4.78, 5) is 12.1. The predicted octanol–water partition coefficient (Wildman–Crippen LogP) is 1.78. The van der Waals surface area contributed by atoms with Gasteiger partial charge in [0, 0.05) is 5.56 Å². The Morgan fingerprint density at radius 3 is 2.52 bits per heavy atom. The SMILES string of the molecule is Cc1nnc(NC(=O)c2ccc(C)c(NS(C)(=O)=O)c2)s1. The lowest BCUT2D eigenvalue weighted by atomic mass is 10.1. The Morgan fingerprint density at radius 1 is 1.24 bits per heavy atom. The van der Waals surface area contributed by atoms with E-state index in [9.17, 15) is 13.2 Å². The summed E-state index contributed by atoms with van der Waals surface area (Å²) >= 11 is 1.26. The van der Waals surface area contributed by atoms with E-state index in [1.54, 1.807) is 26.0 Å². The van der Waals surface area contributed by atoms with Crippen LogP contribution in [-0.4, -0.2) is 30.8 Å². The molecule has 112 valence electrons. The third-order valence-corrected chi connectivity index (χ3v) is 3.89. The van der Waals surface area contributed by atoms with Crippen molar-refractivity contribution >= 4 is 38.1 Å². The minimum Gasteiger partial charge on any atom is -0.296 e. The average Bonchev–Trinajstić information content (AvgIpc) is 2.75. The van der Waals surface area contributed by atoms with Crippen LogP contribution in [0.4, 0.5) is 10.8 Å². The zero-order chi connectivity index (χ0) is 15.6. The number of rotatable bonds is 4. The van der Waals surface area contributed by atoms with Crippen molar-refractivity contribution in [2.45, 2.75) is 13.8 Å². The number of amides is 1. The van der Waals surface area contributed by atoms with Crippen molar-refractivity contribution in [3.8, 4) is 0 Å². The standard InChI is InChI=1S/C12H14N4O3S2/c1-7-4-5-9(6-10(7)16-21(3,18)19)11(17)13-12-15-14-8(2)20-12/h4-6,16H,1-3H3,(H,13,15,17). The van der Waals surface area contributed by atoms with E-state index in [-0.39, 0.29) is 5.91 Å². The van der Waals surface area contributed by atoms with Gasteiger partial charge < -0.3 is 0 Å². The molecule has 0 aliphatic rings. The predicted molar refractivity (Wildman–Crippen MR) is 82.2 cm³/mol. The first-order chi connectivity index (χ1) is 9.74. The third kappa shape index (κ3) is 4.23. The first-order valence-electron chi connectivity index (χ1n) is 5.94. The van der Waals surface area contributed by atoms with Crippen LogP contribution in [0.5, 0.6) is 0 Å². The van der Waals surface area contributed by atoms with Gasteiger partial charge in [0.05, 0.1) is 11.9 Å². The summed E-state index contributed by atoms with van der Waals surface area (Å²) in [7, 11) is -3.40. The van der Waals surface area contributed by atoms with Crippen LogP contribution in [0.15, 0.2) is 18.2 Å². The van der Waals surface area contributed by atoms with Gasteiger partial charge >= 0.3 is 0 Å². The van der Waals surface area contributed by atoms with E-state index in [0.717, 1.165) is 16.8 Å². The summed E-state index contributed by atoms with van der Waals surface area (Å²) in [6.07, 6.45) is 1.06. The highest BCUT2D eigenvalue weighted by Crippen LogP contribution is 2.20. The van der Waals surface area contributed by atoms with Gasteiger partial charge in [-0.3, -0.25) is 14.8 Å². The normalized spacial score (nSPS) is 11.2. The zero-order valence-electron chi connectivity index (χ0n) is 11.7. The summed E-state index contributed by atoms with van der Waals surface area (Å²) in [5.74, 6) is -0.372. The number of hydrogen-bond donors (Lipinski definition) is 2. The van der Waals surface area contributed by atoms with Crippen molar-refractivity contribution in [2.24, 2.45) is 0 Å². The Balaban J connectivity index is 2.23. The Morgan fingerprint density at radius 2 is 1.95 bits per heavy atom. The molecule has 2 N–H and O–H groups in total. The van der Waals surface area contributed by atoms with Crippen LogP contribution >= 0.6 is 11.3 Å². The molecule has 0 radical (unpaired) electrons. The summed E-state index contributed by atoms with van der Waals surface area (Å²) in [6.45, 7) is 3.54. The van der Waals surface area contributed by atoms with Crippen molar-refractivity contribution < 1.29 is 13.2 Å². The van der Waals surface area contributed by atoms with Crippen LogP contribution in [0.1, 0.15) is 20.9 Å². The molecule has 0 unspecified atom stereocenters. The lowest BCUT2D eigenvalue weighted by Crippen LogP contribution is -2.14. The number of sulfonamides is 1. The van der Waals surface area contributed by atoms with E-state index in [4.69, 9.17) is 0 Å². The molecule has 2 aromatic rings. The number of nitrogens with zero attached hydrogens (tertiary/aromatic N) is 2. The summed E-state index contributed by atoms with van der Waals surface area (Å²) in [5, 5.41) is 11.4. The highest BCUT2D eigenvalue weighted by molar-refractivity contribution is 7.92. The molecule has 0 atom stereocenters. The largest absolute Gasteiger partial charge is 0.296 e. The fourth-order valence-electron chi connectivity index (χ4n) is 1.59. The van der Waals surface area contributed by atoms with Gasteiger partial charge in [-0.1, -0.05) is 17.4 Å². The van der Waals surface area contributed by atoms with E-state index in [0.29, 0.717) is 16.4 Å². The first-order valence-corrected chi connectivity index (χ1v) is 8.65. The fourth-order valence-corrected chi connectivity index (χ4v) is 2.80. The smallest absolute Gasteiger partial charge is 0.257 e. The Hall–Kier alpha value is -2.00. The molecule has 0 fully saturated rings. The van der Waals surface area contributed by atoms with Crippen LogP contribution in [0.3, 0.4) is 0 Å². The molecule has 1 heterocycles. The molecule has 0 aliphatic heterocycles. The molecule has 2 rings (SSSR count). The second-order valence-electron chi connectivity index (χ2n) is 4.48. The molecule has 0 saturated heterocycles. The Bertz CT molecular complexity index is 784. The number of benzene rings is 1. The number of anilines is 2. The number of carbonyl (C=O) groups is 1. The number of aryl methyl sites for hydroxylation is 2. The molecule has 21 heavy (non-hydrogen) atoms. The van der Waals surface area contributed by atoms with E-state index in [1.165, 1.54) is 17.4 Å². The second-order valence-corrected chi connectivity index (χ2v) is 7.41. The van der Waals surface area contributed by atoms with E-state index in [1.807, 2.05) is 0 Å². The molecule has 1 aromatic carbocycles. The van der Waals surface area contributed by atoms with Gasteiger partial charge in [-0.25, -0.2) is 8.42 Å². The summed E-state index contributed by atoms with van der Waals surface area (Å²) in [6, 6.07) is 4.78.